The molecule has 2 aromatic heterocycles. The van der Waals surface area contributed by atoms with Crippen molar-refractivity contribution in [2.45, 2.75) is 75.8 Å². The summed E-state index contributed by atoms with van der Waals surface area (Å²) in [6.07, 6.45) is 13.3. The fourth-order valence-electron chi connectivity index (χ4n) is 4.49. The van der Waals surface area contributed by atoms with Crippen LogP contribution in [-0.4, -0.2) is 22.2 Å². The molecule has 0 aromatic carbocycles. The van der Waals surface area contributed by atoms with Gasteiger partial charge in [0.25, 0.3) is 0 Å². The van der Waals surface area contributed by atoms with E-state index in [0.717, 1.165) is 24.3 Å². The highest BCUT2D eigenvalue weighted by Gasteiger charge is 2.31. The summed E-state index contributed by atoms with van der Waals surface area (Å²) in [5.41, 5.74) is 1.29. The fraction of sp³-hybridized carbons (Fsp3) is 0.650. The first-order valence-corrected chi connectivity index (χ1v) is 9.64. The molecule has 4 heteroatoms. The van der Waals surface area contributed by atoms with Gasteiger partial charge in [0.1, 0.15) is 17.1 Å². The van der Waals surface area contributed by atoms with Crippen LogP contribution in [0.25, 0.3) is 11.0 Å². The van der Waals surface area contributed by atoms with Gasteiger partial charge in [-0.15, -0.1) is 0 Å². The number of rotatable bonds is 4. The molecule has 0 saturated heterocycles. The molecule has 0 bridgehead atoms. The van der Waals surface area contributed by atoms with Gasteiger partial charge in [-0.1, -0.05) is 38.5 Å². The van der Waals surface area contributed by atoms with Crippen LogP contribution in [-0.2, 0) is 0 Å². The number of alkyl halides is 1. The summed E-state index contributed by atoms with van der Waals surface area (Å²) in [4.78, 5) is 8.00. The zero-order chi connectivity index (χ0) is 16.4. The molecule has 0 spiro atoms. The molecule has 2 aliphatic rings. The van der Waals surface area contributed by atoms with E-state index in [-0.39, 0.29) is 0 Å². The van der Waals surface area contributed by atoms with Crippen LogP contribution >= 0.6 is 0 Å². The van der Waals surface area contributed by atoms with Gasteiger partial charge in [0, 0.05) is 11.6 Å². The van der Waals surface area contributed by atoms with Crippen LogP contribution in [0.4, 0.5) is 10.2 Å². The van der Waals surface area contributed by atoms with Gasteiger partial charge in [0.2, 0.25) is 0 Å². The Morgan fingerprint density at radius 1 is 1.08 bits per heavy atom. The fourth-order valence-corrected chi connectivity index (χ4v) is 4.49. The molecule has 2 aliphatic carbocycles. The normalized spacial score (nSPS) is 21.9. The summed E-state index contributed by atoms with van der Waals surface area (Å²) in [5.74, 6) is 1.45. The Morgan fingerprint density at radius 2 is 1.83 bits per heavy atom. The molecule has 130 valence electrons. The van der Waals surface area contributed by atoms with E-state index in [0.29, 0.717) is 25.3 Å². The number of halogens is 1. The molecule has 0 radical (unpaired) electrons. The molecule has 2 saturated carbocycles. The minimum Gasteiger partial charge on any atom is -0.367 e. The summed E-state index contributed by atoms with van der Waals surface area (Å²) in [6.45, 7) is 0.377. The molecular formula is C20H28FN3. The lowest BCUT2D eigenvalue weighted by molar-refractivity contribution is 0.122. The number of hydrogen-bond acceptors (Lipinski definition) is 2. The quantitative estimate of drug-likeness (QED) is 0.756. The SMILES string of the molecule is FC1(CNc2ccc3c(C4CCCCC4)c[nH]c3n2)CCCCC1. The number of fused-ring (bicyclic) bond motifs is 1. The number of pyridine rings is 1. The molecule has 0 aliphatic heterocycles. The second-order valence-corrected chi connectivity index (χ2v) is 7.74. The van der Waals surface area contributed by atoms with Gasteiger partial charge in [0.05, 0.1) is 6.54 Å². The lowest BCUT2D eigenvalue weighted by atomic mass is 9.84. The van der Waals surface area contributed by atoms with Crippen LogP contribution in [0, 0.1) is 0 Å². The van der Waals surface area contributed by atoms with E-state index in [4.69, 9.17) is 0 Å². The van der Waals surface area contributed by atoms with Crippen LogP contribution in [0.3, 0.4) is 0 Å². The second-order valence-electron chi connectivity index (χ2n) is 7.74. The molecular weight excluding hydrogens is 301 g/mol. The summed E-state index contributed by atoms with van der Waals surface area (Å²) in [6, 6.07) is 4.16. The van der Waals surface area contributed by atoms with Crippen LogP contribution in [0.1, 0.15) is 75.7 Å². The Hall–Kier alpha value is -1.58. The molecule has 3 nitrogen and oxygen atoms in total. The maximum Gasteiger partial charge on any atom is 0.139 e. The van der Waals surface area contributed by atoms with E-state index >= 15 is 0 Å². The number of H-pyrrole nitrogens is 1. The molecule has 0 atom stereocenters. The van der Waals surface area contributed by atoms with Gasteiger partial charge in [-0.05, 0) is 49.3 Å². The molecule has 2 fully saturated rings. The van der Waals surface area contributed by atoms with Crippen molar-refractivity contribution in [3.8, 4) is 0 Å². The van der Waals surface area contributed by atoms with Crippen molar-refractivity contribution in [1.29, 1.82) is 0 Å². The van der Waals surface area contributed by atoms with Crippen molar-refractivity contribution in [2.75, 3.05) is 11.9 Å². The van der Waals surface area contributed by atoms with E-state index in [1.807, 2.05) is 6.07 Å². The molecule has 0 unspecified atom stereocenters. The van der Waals surface area contributed by atoms with Gasteiger partial charge in [0.15, 0.2) is 0 Å². The Morgan fingerprint density at radius 3 is 2.62 bits per heavy atom. The average molecular weight is 329 g/mol. The lowest BCUT2D eigenvalue weighted by Gasteiger charge is -2.29. The number of aromatic amines is 1. The van der Waals surface area contributed by atoms with E-state index in [9.17, 15) is 4.39 Å². The van der Waals surface area contributed by atoms with E-state index in [1.165, 1.54) is 49.5 Å². The number of aromatic nitrogens is 2. The van der Waals surface area contributed by atoms with Gasteiger partial charge >= 0.3 is 0 Å². The van der Waals surface area contributed by atoms with Crippen molar-refractivity contribution >= 4 is 16.9 Å². The minimum absolute atomic E-state index is 0.377. The average Bonchev–Trinajstić information content (AvgIpc) is 3.05. The highest BCUT2D eigenvalue weighted by atomic mass is 19.1. The third-order valence-corrected chi connectivity index (χ3v) is 5.95. The number of nitrogens with one attached hydrogen (secondary N) is 2. The molecule has 0 amide bonds. The van der Waals surface area contributed by atoms with E-state index < -0.39 is 5.67 Å². The van der Waals surface area contributed by atoms with Gasteiger partial charge in [-0.3, -0.25) is 0 Å². The summed E-state index contributed by atoms with van der Waals surface area (Å²) in [5, 5.41) is 4.47. The Kier molecular flexibility index (Phi) is 4.47. The first kappa shape index (κ1) is 15.9. The number of nitrogens with zero attached hydrogens (tertiary/aromatic N) is 1. The van der Waals surface area contributed by atoms with E-state index in [2.05, 4.69) is 27.5 Å². The first-order valence-electron chi connectivity index (χ1n) is 9.64. The zero-order valence-corrected chi connectivity index (χ0v) is 14.4. The Labute approximate surface area is 143 Å². The highest BCUT2D eigenvalue weighted by Crippen LogP contribution is 2.36. The molecule has 2 heterocycles. The predicted molar refractivity (Wildman–Crippen MR) is 97.3 cm³/mol. The second kappa shape index (κ2) is 6.73. The van der Waals surface area contributed by atoms with E-state index in [1.54, 1.807) is 0 Å². The molecule has 24 heavy (non-hydrogen) atoms. The summed E-state index contributed by atoms with van der Waals surface area (Å²) in [7, 11) is 0. The smallest absolute Gasteiger partial charge is 0.139 e. The first-order chi connectivity index (χ1) is 11.7. The molecule has 2 aromatic rings. The highest BCUT2D eigenvalue weighted by molar-refractivity contribution is 5.82. The number of anilines is 1. The molecule has 4 rings (SSSR count). The van der Waals surface area contributed by atoms with Crippen LogP contribution < -0.4 is 5.32 Å². The van der Waals surface area contributed by atoms with Crippen molar-refractivity contribution in [3.05, 3.63) is 23.9 Å². The van der Waals surface area contributed by atoms with Crippen molar-refractivity contribution in [2.24, 2.45) is 0 Å². The van der Waals surface area contributed by atoms with Crippen molar-refractivity contribution < 1.29 is 4.39 Å². The zero-order valence-electron chi connectivity index (χ0n) is 14.4. The van der Waals surface area contributed by atoms with Crippen molar-refractivity contribution in [1.82, 2.24) is 9.97 Å². The monoisotopic (exact) mass is 329 g/mol. The van der Waals surface area contributed by atoms with Crippen LogP contribution in [0.2, 0.25) is 0 Å². The third kappa shape index (κ3) is 3.28. The van der Waals surface area contributed by atoms with Crippen LogP contribution in [0.15, 0.2) is 18.3 Å². The summed E-state index contributed by atoms with van der Waals surface area (Å²) >= 11 is 0. The standard InChI is InChI=1S/C20H28FN3/c21-20(11-5-2-6-12-20)14-23-18-10-9-16-17(13-22-19(16)24-18)15-7-3-1-4-8-15/h9-10,13,15H,1-8,11-12,14H2,(H2,22,23,24). The molecule has 2 N–H and O–H groups in total. The topological polar surface area (TPSA) is 40.7 Å². The number of hydrogen-bond donors (Lipinski definition) is 2. The van der Waals surface area contributed by atoms with Crippen LogP contribution in [0.5, 0.6) is 0 Å². The summed E-state index contributed by atoms with van der Waals surface area (Å²) < 4.78 is 14.7. The van der Waals surface area contributed by atoms with Gasteiger partial charge < -0.3 is 10.3 Å². The Bertz CT molecular complexity index is 681. The lowest BCUT2D eigenvalue weighted by Crippen LogP contribution is -2.34. The third-order valence-electron chi connectivity index (χ3n) is 5.95. The van der Waals surface area contributed by atoms with Crippen molar-refractivity contribution in [3.63, 3.8) is 0 Å². The maximum absolute atomic E-state index is 14.7. The van der Waals surface area contributed by atoms with Gasteiger partial charge in [-0.2, -0.15) is 0 Å². The minimum atomic E-state index is -1.06. The maximum atomic E-state index is 14.7. The Balaban J connectivity index is 1.47. The van der Waals surface area contributed by atoms with Gasteiger partial charge in [-0.25, -0.2) is 9.37 Å². The largest absolute Gasteiger partial charge is 0.367 e. The predicted octanol–water partition coefficient (Wildman–Crippen LogP) is 5.69.